The van der Waals surface area contributed by atoms with Crippen molar-refractivity contribution in [3.63, 3.8) is 0 Å². The van der Waals surface area contributed by atoms with Crippen LogP contribution in [0.4, 0.5) is 48.3 Å². The molecule has 2 amide bonds. The van der Waals surface area contributed by atoms with E-state index in [2.05, 4.69) is 50.8 Å². The number of ether oxygens (including phenoxy) is 1. The van der Waals surface area contributed by atoms with Crippen LogP contribution in [-0.2, 0) is 16.0 Å². The number of amides is 2. The van der Waals surface area contributed by atoms with Crippen LogP contribution in [-0.4, -0.2) is 168 Å². The standard InChI is InChI=1S/C69H59ClF7N17O3/c1-35-25-41(83-36(2)81-35)27-52(73)66(95)92-22-19-43(31-92)90(5)64-48-29-79-61(47-12-8-10-39-14-16-51(72)57(75)55(39)47)58(76)62(48)85-68(87-64)93-33-45(34-93)89(4)21-18-40-26-42(84-37(3)82-40)28-53(74)67(96)94-24-23-91(32-44(94)17-20-78)65-49-30-80-60(59(77)63(49)86-69(88-65)97-6)46-11-7-9-38-13-15-50(71)56(70)54(38)46/h7-16,25-30,43-45H,17-19,21-24,31-34H2,1-6H3/b52-27-,53-28-/t43-,44+/m1/s1. The third-order valence-electron chi connectivity index (χ3n) is 17.9. The van der Waals surface area contributed by atoms with Gasteiger partial charge >= 0.3 is 6.01 Å². The number of aromatic nitrogens is 10. The van der Waals surface area contributed by atoms with Crippen LogP contribution in [0.2, 0.25) is 5.02 Å². The van der Waals surface area contributed by atoms with Gasteiger partial charge in [-0.2, -0.15) is 20.2 Å². The fraction of sp³-hybridized carbons (Fsp3) is 0.290. The molecular formula is C69H59ClF7N17O3. The molecule has 494 valence electrons. The van der Waals surface area contributed by atoms with Crippen molar-refractivity contribution in [3.05, 3.63) is 165 Å². The molecule has 0 spiro atoms. The monoisotopic (exact) mass is 1340 g/mol. The van der Waals surface area contributed by atoms with Gasteiger partial charge in [0.05, 0.1) is 52.8 Å². The van der Waals surface area contributed by atoms with Crippen LogP contribution in [0.15, 0.2) is 96.8 Å². The number of carbonyl (C=O) groups is 2. The van der Waals surface area contributed by atoms with Crippen LogP contribution >= 0.6 is 11.6 Å². The highest BCUT2D eigenvalue weighted by Crippen LogP contribution is 2.41. The van der Waals surface area contributed by atoms with E-state index in [9.17, 15) is 23.6 Å². The van der Waals surface area contributed by atoms with E-state index in [4.69, 9.17) is 26.3 Å². The predicted octanol–water partition coefficient (Wildman–Crippen LogP) is 11.2. The molecule has 6 aromatic heterocycles. The molecule has 97 heavy (non-hydrogen) atoms. The van der Waals surface area contributed by atoms with Gasteiger partial charge in [-0.25, -0.2) is 55.7 Å². The largest absolute Gasteiger partial charge is 0.467 e. The Balaban J connectivity index is 0.700. The number of nitriles is 1. The fourth-order valence-electron chi connectivity index (χ4n) is 12.9. The molecule has 0 unspecified atom stereocenters. The van der Waals surface area contributed by atoms with Crippen molar-refractivity contribution in [2.75, 3.05) is 88.3 Å². The number of aryl methyl sites for hydroxylation is 3. The van der Waals surface area contributed by atoms with Crippen LogP contribution in [0.3, 0.4) is 0 Å². The van der Waals surface area contributed by atoms with E-state index in [0.29, 0.717) is 66.3 Å². The molecule has 4 aromatic carbocycles. The van der Waals surface area contributed by atoms with Gasteiger partial charge in [-0.3, -0.25) is 24.5 Å². The molecule has 20 nitrogen and oxygen atoms in total. The van der Waals surface area contributed by atoms with E-state index in [1.807, 2.05) is 11.9 Å². The predicted molar refractivity (Wildman–Crippen MR) is 352 cm³/mol. The van der Waals surface area contributed by atoms with Gasteiger partial charge in [0.25, 0.3) is 11.8 Å². The average molecular weight is 1340 g/mol. The van der Waals surface area contributed by atoms with Crippen molar-refractivity contribution < 1.29 is 45.1 Å². The molecule has 3 aliphatic rings. The lowest BCUT2D eigenvalue weighted by molar-refractivity contribution is -0.131. The maximum atomic E-state index is 17.4. The van der Waals surface area contributed by atoms with Gasteiger partial charge in [0.15, 0.2) is 34.9 Å². The number of halogens is 8. The molecule has 0 radical (unpaired) electrons. The van der Waals surface area contributed by atoms with Gasteiger partial charge in [-0.15, -0.1) is 0 Å². The van der Waals surface area contributed by atoms with Crippen molar-refractivity contribution >= 4 is 96.5 Å². The van der Waals surface area contributed by atoms with E-state index in [1.165, 1.54) is 53.6 Å². The van der Waals surface area contributed by atoms with Crippen LogP contribution in [0.5, 0.6) is 6.01 Å². The number of piperazine rings is 1. The Labute approximate surface area is 555 Å². The van der Waals surface area contributed by atoms with Gasteiger partial charge in [0.1, 0.15) is 51.5 Å². The molecule has 13 rings (SSSR count). The topological polar surface area (TPSA) is 216 Å². The molecule has 9 heterocycles. The normalized spacial score (nSPS) is 16.3. The molecule has 0 N–H and O–H groups in total. The number of benzene rings is 4. The lowest BCUT2D eigenvalue weighted by Crippen LogP contribution is -2.59. The van der Waals surface area contributed by atoms with Crippen LogP contribution in [0.25, 0.3) is 78.0 Å². The summed E-state index contributed by atoms with van der Waals surface area (Å²) < 4.78 is 117. The molecule has 3 fully saturated rings. The molecular weight excluding hydrogens is 1280 g/mol. The highest BCUT2D eigenvalue weighted by molar-refractivity contribution is 6.37. The number of fused-ring (bicyclic) bond motifs is 4. The molecule has 10 aromatic rings. The summed E-state index contributed by atoms with van der Waals surface area (Å²) in [5, 5.41) is 11.1. The SMILES string of the molecule is COc1nc(N2CCN(C(=O)/C(F)=C/c3cc(CCN(C)C4CN(c5nc(N(C)[C@@H]6CCN(C(=O)/C(F)=C/c7cc(C)nc(C)n7)C6)c6cnc(-c7cccc8ccc(F)c(F)c78)c(F)c6n5)C4)nc(C)n3)[C@@H](CC#N)C2)c2cnc(-c3cccc4ccc(F)c(Cl)c34)c(F)c2n1. The number of methoxy groups -OCH3 is 1. The van der Waals surface area contributed by atoms with Crippen molar-refractivity contribution in [3.8, 4) is 34.6 Å². The summed E-state index contributed by atoms with van der Waals surface area (Å²) in [5.41, 5.74) is 1.08. The highest BCUT2D eigenvalue weighted by atomic mass is 35.5. The summed E-state index contributed by atoms with van der Waals surface area (Å²) in [6.45, 7) is 6.58. The number of hydrogen-bond acceptors (Lipinski definition) is 18. The van der Waals surface area contributed by atoms with E-state index < -0.39 is 64.6 Å². The van der Waals surface area contributed by atoms with Crippen molar-refractivity contribution in [1.82, 2.24) is 64.5 Å². The first-order valence-corrected chi connectivity index (χ1v) is 31.3. The van der Waals surface area contributed by atoms with Gasteiger partial charge in [0.2, 0.25) is 5.95 Å². The highest BCUT2D eigenvalue weighted by Gasteiger charge is 2.38. The first kappa shape index (κ1) is 65.1. The Bertz CT molecular complexity index is 4960. The Morgan fingerprint density at radius 3 is 2.01 bits per heavy atom. The third kappa shape index (κ3) is 12.6. The summed E-state index contributed by atoms with van der Waals surface area (Å²) in [6, 6.07) is 18.4. The number of nitrogens with zero attached hydrogens (tertiary/aromatic N) is 17. The first-order chi connectivity index (χ1) is 46.6. The van der Waals surface area contributed by atoms with Crippen molar-refractivity contribution in [1.29, 1.82) is 5.26 Å². The number of likely N-dealkylation sites (N-methyl/N-ethyl adjacent to an activating group) is 2. The Kier molecular flexibility index (Phi) is 17.8. The minimum absolute atomic E-state index is 0.0116. The van der Waals surface area contributed by atoms with Gasteiger partial charge < -0.3 is 29.2 Å². The maximum absolute atomic E-state index is 17.4. The number of anilines is 3. The maximum Gasteiger partial charge on any atom is 0.318 e. The van der Waals surface area contributed by atoms with Gasteiger partial charge in [-0.05, 0) is 69.3 Å². The van der Waals surface area contributed by atoms with Crippen LogP contribution in [0.1, 0.15) is 47.3 Å². The van der Waals surface area contributed by atoms with Crippen LogP contribution < -0.4 is 19.4 Å². The molecule has 0 saturated carbocycles. The number of likely N-dealkylation sites (tertiary alicyclic amines) is 1. The second-order valence-corrected chi connectivity index (χ2v) is 24.5. The lowest BCUT2D eigenvalue weighted by atomic mass is 10.00. The average Bonchev–Trinajstić information content (AvgIpc) is 1.16. The Hall–Kier alpha value is -10.6. The Morgan fingerprint density at radius 2 is 1.32 bits per heavy atom. The zero-order valence-corrected chi connectivity index (χ0v) is 53.9. The number of hydrogen-bond donors (Lipinski definition) is 0. The summed E-state index contributed by atoms with van der Waals surface area (Å²) in [4.78, 5) is 82.7. The molecule has 3 saturated heterocycles. The molecule has 2 atom stereocenters. The van der Waals surface area contributed by atoms with Crippen molar-refractivity contribution in [2.45, 2.75) is 58.2 Å². The number of rotatable bonds is 16. The molecule has 0 aliphatic carbocycles. The second-order valence-electron chi connectivity index (χ2n) is 24.1. The van der Waals surface area contributed by atoms with E-state index in [1.54, 1.807) is 80.1 Å². The molecule has 28 heteroatoms. The van der Waals surface area contributed by atoms with E-state index >= 15 is 22.0 Å². The molecule has 0 bridgehead atoms. The van der Waals surface area contributed by atoms with Gasteiger partial charge in [-0.1, -0.05) is 60.1 Å². The van der Waals surface area contributed by atoms with Gasteiger partial charge in [0, 0.05) is 136 Å². The fourth-order valence-corrected chi connectivity index (χ4v) is 13.2. The smallest absolute Gasteiger partial charge is 0.318 e. The summed E-state index contributed by atoms with van der Waals surface area (Å²) >= 11 is 6.41. The minimum atomic E-state index is -1.16. The van der Waals surface area contributed by atoms with Crippen molar-refractivity contribution in [2.24, 2.45) is 0 Å². The zero-order valence-electron chi connectivity index (χ0n) is 53.1. The Morgan fingerprint density at radius 1 is 0.680 bits per heavy atom. The van der Waals surface area contributed by atoms with E-state index in [-0.39, 0.29) is 140 Å². The summed E-state index contributed by atoms with van der Waals surface area (Å²) in [6.07, 6.45) is 5.45. The quantitative estimate of drug-likeness (QED) is 0.0649. The summed E-state index contributed by atoms with van der Waals surface area (Å²) in [7, 11) is 4.97. The van der Waals surface area contributed by atoms with Crippen LogP contribution in [0, 0.1) is 61.2 Å². The second kappa shape index (κ2) is 26.5. The third-order valence-corrected chi connectivity index (χ3v) is 18.3. The lowest BCUT2D eigenvalue weighted by Gasteiger charge is -2.44. The minimum Gasteiger partial charge on any atom is -0.467 e. The number of pyridine rings is 2. The summed E-state index contributed by atoms with van der Waals surface area (Å²) in [5.74, 6) is -7.28. The number of carbonyl (C=O) groups excluding carboxylic acids is 2. The first-order valence-electron chi connectivity index (χ1n) is 31.0. The van der Waals surface area contributed by atoms with E-state index in [0.717, 1.165) is 18.2 Å². The molecule has 3 aliphatic heterocycles. The zero-order chi connectivity index (χ0) is 68.2.